The number of benzene rings is 3. The number of aromatic hydroxyl groups is 1. The summed E-state index contributed by atoms with van der Waals surface area (Å²) in [5.41, 5.74) is 5.39. The lowest BCUT2D eigenvalue weighted by Crippen LogP contribution is -2.46. The van der Waals surface area contributed by atoms with E-state index in [4.69, 9.17) is 4.74 Å². The van der Waals surface area contributed by atoms with Crippen LogP contribution in [0.2, 0.25) is 0 Å². The molecule has 1 saturated heterocycles. The average Bonchev–Trinajstić information content (AvgIpc) is 3.19. The van der Waals surface area contributed by atoms with Crippen LogP contribution in [0.15, 0.2) is 66.4 Å². The minimum absolute atomic E-state index is 0.123. The van der Waals surface area contributed by atoms with E-state index in [2.05, 4.69) is 53.1 Å². The third kappa shape index (κ3) is 4.31. The second-order valence-electron chi connectivity index (χ2n) is 9.03. The molecule has 0 atom stereocenters. The molecule has 1 N–H and O–H groups in total. The number of para-hydroxylation sites is 1. The summed E-state index contributed by atoms with van der Waals surface area (Å²) in [6.07, 6.45) is 2.76. The molecule has 0 amide bonds. The van der Waals surface area contributed by atoms with Crippen LogP contribution in [-0.2, 0) is 13.0 Å². The molecular formula is C29H30N2O3. The Morgan fingerprint density at radius 2 is 1.71 bits per heavy atom. The Morgan fingerprint density at radius 3 is 2.38 bits per heavy atom. The topological polar surface area (TPSA) is 53.0 Å². The maximum Gasteiger partial charge on any atom is 0.232 e. The number of fused-ring (bicyclic) bond motifs is 1. The quantitative estimate of drug-likeness (QED) is 0.537. The molecule has 2 aliphatic rings. The summed E-state index contributed by atoms with van der Waals surface area (Å²) in [6, 6.07) is 20.3. The van der Waals surface area contributed by atoms with Gasteiger partial charge in [0, 0.05) is 38.4 Å². The van der Waals surface area contributed by atoms with Crippen molar-refractivity contribution in [2.24, 2.45) is 0 Å². The molecule has 2 heterocycles. The van der Waals surface area contributed by atoms with Crippen molar-refractivity contribution in [3.05, 3.63) is 94.2 Å². The summed E-state index contributed by atoms with van der Waals surface area (Å²) in [5, 5.41) is 10.8. The fourth-order valence-corrected chi connectivity index (χ4v) is 4.76. The Morgan fingerprint density at radius 1 is 1.00 bits per heavy atom. The number of allylic oxidation sites excluding steroid dienone is 1. The van der Waals surface area contributed by atoms with Crippen LogP contribution in [0.4, 0.5) is 5.69 Å². The van der Waals surface area contributed by atoms with Crippen LogP contribution in [0.3, 0.4) is 0 Å². The van der Waals surface area contributed by atoms with E-state index in [0.717, 1.165) is 43.7 Å². The maximum absolute atomic E-state index is 13.2. The van der Waals surface area contributed by atoms with Gasteiger partial charge < -0.3 is 14.7 Å². The number of ether oxygens (including phenoxy) is 1. The van der Waals surface area contributed by atoms with Crippen LogP contribution < -0.4 is 9.64 Å². The lowest BCUT2D eigenvalue weighted by Gasteiger charge is -2.36. The molecule has 0 saturated carbocycles. The number of carbonyl (C=O) groups is 1. The maximum atomic E-state index is 13.2. The first kappa shape index (κ1) is 22.2. The minimum Gasteiger partial charge on any atom is -0.507 e. The molecule has 0 aliphatic carbocycles. The monoisotopic (exact) mass is 454 g/mol. The van der Waals surface area contributed by atoms with Gasteiger partial charge in [0.2, 0.25) is 5.78 Å². The second kappa shape index (κ2) is 9.35. The van der Waals surface area contributed by atoms with Crippen molar-refractivity contribution in [2.75, 3.05) is 31.1 Å². The normalized spacial score (nSPS) is 17.2. The van der Waals surface area contributed by atoms with Crippen LogP contribution in [0.1, 0.15) is 39.5 Å². The minimum atomic E-state index is -0.123. The highest BCUT2D eigenvalue weighted by atomic mass is 16.5. The molecule has 5 nitrogen and oxygen atoms in total. The number of piperazine rings is 1. The molecule has 3 aromatic carbocycles. The van der Waals surface area contributed by atoms with Gasteiger partial charge in [-0.3, -0.25) is 9.69 Å². The number of rotatable bonds is 5. The first-order valence-electron chi connectivity index (χ1n) is 11.9. The van der Waals surface area contributed by atoms with Gasteiger partial charge in [-0.25, -0.2) is 0 Å². The van der Waals surface area contributed by atoms with Gasteiger partial charge in [0.25, 0.3) is 0 Å². The van der Waals surface area contributed by atoms with Crippen molar-refractivity contribution >= 4 is 17.5 Å². The summed E-state index contributed by atoms with van der Waals surface area (Å²) < 4.78 is 6.12. The standard InChI is InChI=1S/C29H30N2O3/c1-3-21-9-11-22(12-10-21)18-26-28(33)27-20(2)17-25(32)24(29(27)34-26)19-30-13-15-31(16-14-30)23-7-5-4-6-8-23/h4-12,17-18,32H,3,13-16,19H2,1-2H3/b26-18-. The highest BCUT2D eigenvalue weighted by molar-refractivity contribution is 6.15. The molecule has 0 aromatic heterocycles. The number of hydrogen-bond donors (Lipinski definition) is 1. The van der Waals surface area contributed by atoms with Crippen LogP contribution in [-0.4, -0.2) is 42.0 Å². The first-order chi connectivity index (χ1) is 16.5. The van der Waals surface area contributed by atoms with E-state index in [-0.39, 0.29) is 11.5 Å². The summed E-state index contributed by atoms with van der Waals surface area (Å²) in [4.78, 5) is 17.9. The third-order valence-electron chi connectivity index (χ3n) is 6.78. The van der Waals surface area contributed by atoms with Gasteiger partial charge in [-0.15, -0.1) is 0 Å². The molecule has 1 fully saturated rings. The van der Waals surface area contributed by atoms with Crippen molar-refractivity contribution in [1.82, 2.24) is 4.90 Å². The number of anilines is 1. The average molecular weight is 455 g/mol. The predicted octanol–water partition coefficient (Wildman–Crippen LogP) is 5.20. The van der Waals surface area contributed by atoms with Crippen molar-refractivity contribution < 1.29 is 14.6 Å². The lowest BCUT2D eigenvalue weighted by molar-refractivity contribution is 0.101. The van der Waals surface area contributed by atoms with Crippen molar-refractivity contribution in [1.29, 1.82) is 0 Å². The molecule has 174 valence electrons. The highest BCUT2D eigenvalue weighted by Crippen LogP contribution is 2.42. The first-order valence-corrected chi connectivity index (χ1v) is 11.9. The van der Waals surface area contributed by atoms with Crippen molar-refractivity contribution in [2.45, 2.75) is 26.8 Å². The van der Waals surface area contributed by atoms with Crippen molar-refractivity contribution in [3.8, 4) is 11.5 Å². The van der Waals surface area contributed by atoms with E-state index in [1.165, 1.54) is 11.3 Å². The predicted molar refractivity (Wildman–Crippen MR) is 136 cm³/mol. The molecule has 34 heavy (non-hydrogen) atoms. The summed E-state index contributed by atoms with van der Waals surface area (Å²) in [7, 11) is 0. The van der Waals surface area contributed by atoms with E-state index >= 15 is 0 Å². The molecule has 0 spiro atoms. The van der Waals surface area contributed by atoms with Gasteiger partial charge in [0.05, 0.1) is 11.1 Å². The third-order valence-corrected chi connectivity index (χ3v) is 6.78. The van der Waals surface area contributed by atoms with E-state index in [1.54, 1.807) is 12.1 Å². The molecule has 2 aliphatic heterocycles. The van der Waals surface area contributed by atoms with E-state index in [9.17, 15) is 9.90 Å². The van der Waals surface area contributed by atoms with Gasteiger partial charge in [-0.1, -0.05) is 49.4 Å². The fraction of sp³-hybridized carbons (Fsp3) is 0.276. The molecule has 5 heteroatoms. The molecule has 0 radical (unpaired) electrons. The molecule has 5 rings (SSSR count). The zero-order valence-corrected chi connectivity index (χ0v) is 19.8. The summed E-state index contributed by atoms with van der Waals surface area (Å²) in [5.74, 6) is 0.873. The van der Waals surface area contributed by atoms with Gasteiger partial charge in [0.1, 0.15) is 11.5 Å². The van der Waals surface area contributed by atoms with Crippen LogP contribution >= 0.6 is 0 Å². The molecule has 0 bridgehead atoms. The van der Waals surface area contributed by atoms with Gasteiger partial charge in [0.15, 0.2) is 5.76 Å². The smallest absolute Gasteiger partial charge is 0.232 e. The molecule has 0 unspecified atom stereocenters. The zero-order valence-electron chi connectivity index (χ0n) is 19.8. The number of nitrogens with zero attached hydrogens (tertiary/aromatic N) is 2. The number of hydrogen-bond acceptors (Lipinski definition) is 5. The number of aryl methyl sites for hydroxylation is 2. The van der Waals surface area contributed by atoms with Crippen LogP contribution in [0, 0.1) is 6.92 Å². The second-order valence-corrected chi connectivity index (χ2v) is 9.03. The molecule has 3 aromatic rings. The Labute approximate surface area is 200 Å². The number of ketones is 1. The number of phenolic OH excluding ortho intramolecular Hbond substituents is 1. The molecular weight excluding hydrogens is 424 g/mol. The Kier molecular flexibility index (Phi) is 6.12. The highest BCUT2D eigenvalue weighted by Gasteiger charge is 2.34. The Balaban J connectivity index is 1.36. The lowest BCUT2D eigenvalue weighted by atomic mass is 9.99. The number of carbonyl (C=O) groups excluding carboxylic acids is 1. The largest absolute Gasteiger partial charge is 0.507 e. The van der Waals surface area contributed by atoms with E-state index in [0.29, 0.717) is 29.2 Å². The van der Waals surface area contributed by atoms with Crippen LogP contribution in [0.25, 0.3) is 6.08 Å². The summed E-state index contributed by atoms with van der Waals surface area (Å²) >= 11 is 0. The van der Waals surface area contributed by atoms with E-state index < -0.39 is 0 Å². The van der Waals surface area contributed by atoms with Gasteiger partial charge in [-0.05, 0) is 54.3 Å². The van der Waals surface area contributed by atoms with Gasteiger partial charge in [-0.2, -0.15) is 0 Å². The fourth-order valence-electron chi connectivity index (χ4n) is 4.76. The summed E-state index contributed by atoms with van der Waals surface area (Å²) in [6.45, 7) is 8.08. The number of phenols is 1. The Hall–Kier alpha value is -3.57. The number of Topliss-reactive ketones (excluding diaryl/α,β-unsaturated/α-hetero) is 1. The van der Waals surface area contributed by atoms with Gasteiger partial charge >= 0.3 is 0 Å². The SMILES string of the molecule is CCc1ccc(/C=C2\Oc3c(CN4CCN(c5ccccc5)CC4)c(O)cc(C)c3C2=O)cc1. The van der Waals surface area contributed by atoms with Crippen molar-refractivity contribution in [3.63, 3.8) is 0 Å². The zero-order chi connectivity index (χ0) is 23.7. The van der Waals surface area contributed by atoms with E-state index in [1.807, 2.05) is 25.1 Å². The Bertz CT molecular complexity index is 1220. The van der Waals surface area contributed by atoms with Crippen LogP contribution in [0.5, 0.6) is 11.5 Å².